The molecule has 1 heterocycles. The van der Waals surface area contributed by atoms with E-state index in [1.807, 2.05) is 0 Å². The molecule has 0 aromatic rings. The highest BCUT2D eigenvalue weighted by Gasteiger charge is 2.13. The maximum Gasteiger partial charge on any atom is 0.222 e. The summed E-state index contributed by atoms with van der Waals surface area (Å²) in [5.74, 6) is 5.99. The van der Waals surface area contributed by atoms with E-state index in [0.29, 0.717) is 13.2 Å². The van der Waals surface area contributed by atoms with Gasteiger partial charge in [0.2, 0.25) is 6.29 Å². The van der Waals surface area contributed by atoms with Gasteiger partial charge in [-0.15, -0.1) is 0 Å². The van der Waals surface area contributed by atoms with E-state index in [9.17, 15) is 0 Å². The largest absolute Gasteiger partial charge is 0.340 e. The van der Waals surface area contributed by atoms with Crippen molar-refractivity contribution >= 4 is 0 Å². The van der Waals surface area contributed by atoms with Gasteiger partial charge in [0, 0.05) is 5.41 Å². The molecule has 0 amide bonds. The third-order valence-electron chi connectivity index (χ3n) is 1.19. The first-order valence-corrected chi connectivity index (χ1v) is 3.84. The predicted molar refractivity (Wildman–Crippen MR) is 42.9 cm³/mol. The Morgan fingerprint density at radius 3 is 2.18 bits per heavy atom. The predicted octanol–water partition coefficient (Wildman–Crippen LogP) is 1.41. The van der Waals surface area contributed by atoms with Crippen molar-refractivity contribution in [3.05, 3.63) is 0 Å². The molecule has 0 N–H and O–H groups in total. The highest BCUT2D eigenvalue weighted by molar-refractivity contribution is 5.09. The smallest absolute Gasteiger partial charge is 0.222 e. The van der Waals surface area contributed by atoms with Crippen molar-refractivity contribution in [1.82, 2.24) is 0 Å². The van der Waals surface area contributed by atoms with Gasteiger partial charge in [0.25, 0.3) is 0 Å². The van der Waals surface area contributed by atoms with Crippen molar-refractivity contribution in [2.75, 3.05) is 13.2 Å². The SMILES string of the molecule is CC(C)(C)C#CC1OCCO1. The zero-order chi connectivity index (χ0) is 8.32. The molecule has 11 heavy (non-hydrogen) atoms. The normalized spacial score (nSPS) is 19.5. The molecule has 2 nitrogen and oxygen atoms in total. The van der Waals surface area contributed by atoms with Gasteiger partial charge in [-0.3, -0.25) is 0 Å². The first kappa shape index (κ1) is 8.58. The average Bonchev–Trinajstić information content (AvgIpc) is 2.32. The topological polar surface area (TPSA) is 18.5 Å². The standard InChI is InChI=1S/C9H14O2/c1-9(2,3)5-4-8-10-6-7-11-8/h8H,6-7H2,1-3H3. The summed E-state index contributed by atoms with van der Waals surface area (Å²) in [6, 6.07) is 0. The van der Waals surface area contributed by atoms with Crippen molar-refractivity contribution in [2.24, 2.45) is 5.41 Å². The summed E-state index contributed by atoms with van der Waals surface area (Å²) in [6.45, 7) is 7.53. The lowest BCUT2D eigenvalue weighted by Gasteiger charge is -2.07. The van der Waals surface area contributed by atoms with Gasteiger partial charge >= 0.3 is 0 Å². The van der Waals surface area contributed by atoms with Crippen LogP contribution < -0.4 is 0 Å². The van der Waals surface area contributed by atoms with E-state index in [0.717, 1.165) is 0 Å². The molecule has 0 saturated carbocycles. The van der Waals surface area contributed by atoms with E-state index in [1.165, 1.54) is 0 Å². The fourth-order valence-electron chi connectivity index (χ4n) is 0.717. The van der Waals surface area contributed by atoms with E-state index >= 15 is 0 Å². The van der Waals surface area contributed by atoms with Gasteiger partial charge in [-0.25, -0.2) is 0 Å². The molecule has 1 aliphatic heterocycles. The van der Waals surface area contributed by atoms with E-state index < -0.39 is 0 Å². The zero-order valence-corrected chi connectivity index (χ0v) is 7.31. The maximum atomic E-state index is 5.15. The van der Waals surface area contributed by atoms with Gasteiger partial charge in [0.1, 0.15) is 0 Å². The van der Waals surface area contributed by atoms with Gasteiger partial charge in [-0.05, 0) is 26.7 Å². The Morgan fingerprint density at radius 2 is 1.73 bits per heavy atom. The number of hydrogen-bond acceptors (Lipinski definition) is 2. The number of rotatable bonds is 0. The van der Waals surface area contributed by atoms with Crippen molar-refractivity contribution in [1.29, 1.82) is 0 Å². The second kappa shape index (κ2) is 3.25. The van der Waals surface area contributed by atoms with E-state index in [-0.39, 0.29) is 11.7 Å². The summed E-state index contributed by atoms with van der Waals surface area (Å²) in [6.07, 6.45) is -0.283. The minimum Gasteiger partial charge on any atom is -0.340 e. The Bertz CT molecular complexity index is 174. The summed E-state index contributed by atoms with van der Waals surface area (Å²) in [4.78, 5) is 0. The van der Waals surface area contributed by atoms with Gasteiger partial charge < -0.3 is 9.47 Å². The molecule has 0 aromatic carbocycles. The first-order valence-electron chi connectivity index (χ1n) is 3.84. The van der Waals surface area contributed by atoms with Crippen molar-refractivity contribution in [3.63, 3.8) is 0 Å². The van der Waals surface area contributed by atoms with Crippen molar-refractivity contribution in [2.45, 2.75) is 27.1 Å². The van der Waals surface area contributed by atoms with Crippen LogP contribution in [0, 0.1) is 17.3 Å². The highest BCUT2D eigenvalue weighted by atomic mass is 16.7. The van der Waals surface area contributed by atoms with Crippen LogP contribution in [0.2, 0.25) is 0 Å². The Kier molecular flexibility index (Phi) is 2.53. The first-order chi connectivity index (χ1) is 5.08. The second-order valence-corrected chi connectivity index (χ2v) is 3.59. The van der Waals surface area contributed by atoms with Crippen LogP contribution in [0.15, 0.2) is 0 Å². The Hall–Kier alpha value is -0.520. The van der Waals surface area contributed by atoms with E-state index in [2.05, 4.69) is 32.6 Å². The summed E-state index contributed by atoms with van der Waals surface area (Å²) >= 11 is 0. The molecule has 0 atom stereocenters. The monoisotopic (exact) mass is 154 g/mol. The van der Waals surface area contributed by atoms with Crippen LogP contribution in [0.3, 0.4) is 0 Å². The average molecular weight is 154 g/mol. The molecule has 62 valence electrons. The third-order valence-corrected chi connectivity index (χ3v) is 1.19. The number of hydrogen-bond donors (Lipinski definition) is 0. The molecule has 0 aromatic heterocycles. The molecule has 1 fully saturated rings. The molecular weight excluding hydrogens is 140 g/mol. The molecule has 2 heteroatoms. The minimum atomic E-state index is -0.283. The Labute approximate surface area is 67.9 Å². The fraction of sp³-hybridized carbons (Fsp3) is 0.778. The fourth-order valence-corrected chi connectivity index (χ4v) is 0.717. The zero-order valence-electron chi connectivity index (χ0n) is 7.31. The second-order valence-electron chi connectivity index (χ2n) is 3.59. The molecule has 1 aliphatic rings. The van der Waals surface area contributed by atoms with Gasteiger partial charge in [-0.2, -0.15) is 0 Å². The molecule has 0 unspecified atom stereocenters. The summed E-state index contributed by atoms with van der Waals surface area (Å²) < 4.78 is 10.3. The molecule has 0 radical (unpaired) electrons. The van der Waals surface area contributed by atoms with Crippen molar-refractivity contribution < 1.29 is 9.47 Å². The number of ether oxygens (including phenoxy) is 2. The summed E-state index contributed by atoms with van der Waals surface area (Å²) in [5, 5.41) is 0. The molecule has 0 aliphatic carbocycles. The molecule has 0 spiro atoms. The third kappa shape index (κ3) is 3.41. The lowest BCUT2D eigenvalue weighted by atomic mass is 9.98. The lowest BCUT2D eigenvalue weighted by Crippen LogP contribution is -2.06. The Morgan fingerprint density at radius 1 is 1.18 bits per heavy atom. The summed E-state index contributed by atoms with van der Waals surface area (Å²) in [5.41, 5.74) is 0.0370. The minimum absolute atomic E-state index is 0.0370. The molecule has 1 saturated heterocycles. The quantitative estimate of drug-likeness (QED) is 0.491. The van der Waals surface area contributed by atoms with Crippen LogP contribution in [-0.4, -0.2) is 19.5 Å². The maximum absolute atomic E-state index is 5.15. The lowest BCUT2D eigenvalue weighted by molar-refractivity contribution is 0.00620. The summed E-state index contributed by atoms with van der Waals surface area (Å²) in [7, 11) is 0. The van der Waals surface area contributed by atoms with Crippen LogP contribution >= 0.6 is 0 Å². The molecule has 0 bridgehead atoms. The highest BCUT2D eigenvalue weighted by Crippen LogP contribution is 2.11. The molecule has 1 rings (SSSR count). The van der Waals surface area contributed by atoms with Gasteiger partial charge in [0.15, 0.2) is 0 Å². The molecular formula is C9H14O2. The van der Waals surface area contributed by atoms with Crippen molar-refractivity contribution in [3.8, 4) is 11.8 Å². The Balaban J connectivity index is 2.42. The van der Waals surface area contributed by atoms with Crippen LogP contribution in [0.5, 0.6) is 0 Å². The van der Waals surface area contributed by atoms with Gasteiger partial charge in [0.05, 0.1) is 13.2 Å². The van der Waals surface area contributed by atoms with E-state index in [1.54, 1.807) is 0 Å². The van der Waals surface area contributed by atoms with Crippen LogP contribution in [0.25, 0.3) is 0 Å². The van der Waals surface area contributed by atoms with E-state index in [4.69, 9.17) is 9.47 Å². The van der Waals surface area contributed by atoms with Gasteiger partial charge in [-0.1, -0.05) is 5.92 Å². The van der Waals surface area contributed by atoms with Crippen LogP contribution in [-0.2, 0) is 9.47 Å². The van der Waals surface area contributed by atoms with Crippen LogP contribution in [0.1, 0.15) is 20.8 Å². The van der Waals surface area contributed by atoms with Crippen LogP contribution in [0.4, 0.5) is 0 Å².